The monoisotopic (exact) mass is 393 g/mol. The van der Waals surface area contributed by atoms with E-state index in [-0.39, 0.29) is 28.7 Å². The van der Waals surface area contributed by atoms with Gasteiger partial charge in [-0.2, -0.15) is 0 Å². The molecule has 0 saturated heterocycles. The number of thiophene rings is 1. The van der Waals surface area contributed by atoms with E-state index in [1.54, 1.807) is 24.3 Å². The molecular formula is C17H16FN3O3S2. The third kappa shape index (κ3) is 4.24. The van der Waals surface area contributed by atoms with Gasteiger partial charge in [-0.1, -0.05) is 0 Å². The molecule has 9 heteroatoms. The lowest BCUT2D eigenvalue weighted by Gasteiger charge is -2.08. The van der Waals surface area contributed by atoms with Crippen molar-refractivity contribution in [1.29, 1.82) is 0 Å². The first kappa shape index (κ1) is 18.4. The highest BCUT2D eigenvalue weighted by molar-refractivity contribution is 7.91. The summed E-state index contributed by atoms with van der Waals surface area (Å²) in [5.41, 5.74) is 0.746. The number of aromatic nitrogens is 2. The van der Waals surface area contributed by atoms with Gasteiger partial charge >= 0.3 is 0 Å². The van der Waals surface area contributed by atoms with E-state index >= 15 is 0 Å². The van der Waals surface area contributed by atoms with Gasteiger partial charge in [-0.25, -0.2) is 22.5 Å². The first-order chi connectivity index (χ1) is 12.3. The number of nitrogens with zero attached hydrogens (tertiary/aromatic N) is 2. The Labute approximate surface area is 154 Å². The van der Waals surface area contributed by atoms with Crippen molar-refractivity contribution in [3.8, 4) is 11.3 Å². The molecule has 0 radical (unpaired) electrons. The highest BCUT2D eigenvalue weighted by atomic mass is 32.2. The topological polar surface area (TPSA) is 81.1 Å². The summed E-state index contributed by atoms with van der Waals surface area (Å²) >= 11 is 1.19. The van der Waals surface area contributed by atoms with Gasteiger partial charge in [0.2, 0.25) is 10.0 Å². The molecule has 136 valence electrons. The molecule has 0 saturated carbocycles. The smallest absolute Gasteiger partial charge is 0.253 e. The maximum absolute atomic E-state index is 13.0. The van der Waals surface area contributed by atoms with Crippen LogP contribution < -0.4 is 10.3 Å². The standard InChI is InChI=1S/C17H16FN3O3S2/c1-12-2-7-17(25-12)26(23,24)20-8-9-21-11-19-15(10-16(21)22)13-3-5-14(18)6-4-13/h2-7,10-11,20H,8-9H2,1H3. The predicted octanol–water partition coefficient (Wildman–Crippen LogP) is 2.40. The zero-order chi connectivity index (χ0) is 18.7. The summed E-state index contributed by atoms with van der Waals surface area (Å²) in [4.78, 5) is 17.3. The van der Waals surface area contributed by atoms with Crippen LogP contribution in [0.1, 0.15) is 4.88 Å². The molecule has 1 aromatic carbocycles. The van der Waals surface area contributed by atoms with Gasteiger partial charge in [-0.05, 0) is 43.3 Å². The summed E-state index contributed by atoms with van der Waals surface area (Å²) in [6, 6.07) is 10.3. The molecule has 2 heterocycles. The Morgan fingerprint density at radius 2 is 1.92 bits per heavy atom. The van der Waals surface area contributed by atoms with Crippen LogP contribution >= 0.6 is 11.3 Å². The van der Waals surface area contributed by atoms with E-state index in [1.165, 1.54) is 40.4 Å². The van der Waals surface area contributed by atoms with Crippen molar-refractivity contribution in [2.75, 3.05) is 6.54 Å². The van der Waals surface area contributed by atoms with Crippen LogP contribution in [0.4, 0.5) is 4.39 Å². The number of sulfonamides is 1. The Bertz CT molecular complexity index is 1070. The van der Waals surface area contributed by atoms with E-state index in [0.29, 0.717) is 11.3 Å². The van der Waals surface area contributed by atoms with Gasteiger partial charge < -0.3 is 0 Å². The minimum atomic E-state index is -3.58. The zero-order valence-corrected chi connectivity index (χ0v) is 15.5. The number of halogens is 1. The van der Waals surface area contributed by atoms with Crippen LogP contribution in [-0.2, 0) is 16.6 Å². The minimum Gasteiger partial charge on any atom is -0.298 e. The Balaban J connectivity index is 1.67. The van der Waals surface area contributed by atoms with Gasteiger partial charge in [-0.3, -0.25) is 9.36 Å². The molecule has 6 nitrogen and oxygen atoms in total. The van der Waals surface area contributed by atoms with Crippen LogP contribution in [0.3, 0.4) is 0 Å². The lowest BCUT2D eigenvalue weighted by atomic mass is 10.1. The molecule has 0 bridgehead atoms. The van der Waals surface area contributed by atoms with Crippen LogP contribution in [-0.4, -0.2) is 24.5 Å². The molecule has 0 aliphatic carbocycles. The normalized spacial score (nSPS) is 11.6. The second-order valence-electron chi connectivity index (χ2n) is 5.58. The highest BCUT2D eigenvalue weighted by Crippen LogP contribution is 2.20. The van der Waals surface area contributed by atoms with E-state index in [4.69, 9.17) is 0 Å². The maximum Gasteiger partial charge on any atom is 0.253 e. The molecule has 0 amide bonds. The first-order valence-electron chi connectivity index (χ1n) is 7.74. The molecule has 2 aromatic heterocycles. The van der Waals surface area contributed by atoms with Gasteiger partial charge in [0.1, 0.15) is 10.0 Å². The SMILES string of the molecule is Cc1ccc(S(=O)(=O)NCCn2cnc(-c3ccc(F)cc3)cc2=O)s1. The molecule has 26 heavy (non-hydrogen) atoms. The lowest BCUT2D eigenvalue weighted by molar-refractivity contribution is 0.570. The Kier molecular flexibility index (Phi) is 5.30. The number of benzene rings is 1. The van der Waals surface area contributed by atoms with Crippen LogP contribution in [0, 0.1) is 12.7 Å². The van der Waals surface area contributed by atoms with Crippen LogP contribution in [0.25, 0.3) is 11.3 Å². The van der Waals surface area contributed by atoms with E-state index in [1.807, 2.05) is 6.92 Å². The number of aryl methyl sites for hydroxylation is 1. The van der Waals surface area contributed by atoms with Crippen molar-refractivity contribution in [1.82, 2.24) is 14.3 Å². The molecule has 3 rings (SSSR count). The molecule has 0 aliphatic rings. The molecule has 0 aliphatic heterocycles. The predicted molar refractivity (Wildman–Crippen MR) is 98.1 cm³/mol. The van der Waals surface area contributed by atoms with Gasteiger partial charge in [0.15, 0.2) is 0 Å². The second-order valence-corrected chi connectivity index (χ2v) is 8.86. The Morgan fingerprint density at radius 1 is 1.19 bits per heavy atom. The lowest BCUT2D eigenvalue weighted by Crippen LogP contribution is -2.30. The largest absolute Gasteiger partial charge is 0.298 e. The van der Waals surface area contributed by atoms with Crippen molar-refractivity contribution < 1.29 is 12.8 Å². The van der Waals surface area contributed by atoms with Gasteiger partial charge in [0, 0.05) is 29.6 Å². The van der Waals surface area contributed by atoms with E-state index in [2.05, 4.69) is 9.71 Å². The quantitative estimate of drug-likeness (QED) is 0.697. The second kappa shape index (κ2) is 7.48. The van der Waals surface area contributed by atoms with E-state index in [9.17, 15) is 17.6 Å². The van der Waals surface area contributed by atoms with Crippen molar-refractivity contribution in [2.45, 2.75) is 17.7 Å². The van der Waals surface area contributed by atoms with Gasteiger partial charge in [-0.15, -0.1) is 11.3 Å². The Morgan fingerprint density at radius 3 is 2.54 bits per heavy atom. The van der Waals surface area contributed by atoms with Crippen molar-refractivity contribution in [2.24, 2.45) is 0 Å². The third-order valence-corrected chi connectivity index (χ3v) is 6.60. The van der Waals surface area contributed by atoms with Crippen LogP contribution in [0.5, 0.6) is 0 Å². The fraction of sp³-hybridized carbons (Fsp3) is 0.176. The molecular weight excluding hydrogens is 377 g/mol. The van der Waals surface area contributed by atoms with Crippen molar-refractivity contribution in [3.63, 3.8) is 0 Å². The van der Waals surface area contributed by atoms with Gasteiger partial charge in [0.25, 0.3) is 5.56 Å². The first-order valence-corrected chi connectivity index (χ1v) is 10.0. The summed E-state index contributed by atoms with van der Waals surface area (Å²) in [5.74, 6) is -0.365. The summed E-state index contributed by atoms with van der Waals surface area (Å²) in [6.07, 6.45) is 1.35. The van der Waals surface area contributed by atoms with Gasteiger partial charge in [0.05, 0.1) is 12.0 Å². The Hall–Kier alpha value is -2.36. The molecule has 0 fully saturated rings. The average Bonchev–Trinajstić information content (AvgIpc) is 3.04. The van der Waals surface area contributed by atoms with Crippen molar-refractivity contribution in [3.05, 3.63) is 69.8 Å². The summed E-state index contributed by atoms with van der Waals surface area (Å²) < 4.78 is 41.3. The molecule has 1 N–H and O–H groups in total. The minimum absolute atomic E-state index is 0.0662. The van der Waals surface area contributed by atoms with Crippen LogP contribution in [0.15, 0.2) is 57.8 Å². The number of hydrogen-bond donors (Lipinski definition) is 1. The molecule has 0 atom stereocenters. The molecule has 0 spiro atoms. The zero-order valence-electron chi connectivity index (χ0n) is 13.8. The van der Waals surface area contributed by atoms with Crippen molar-refractivity contribution >= 4 is 21.4 Å². The fourth-order valence-electron chi connectivity index (χ4n) is 2.30. The van der Waals surface area contributed by atoms with E-state index in [0.717, 1.165) is 4.88 Å². The summed E-state index contributed by atoms with van der Waals surface area (Å²) in [7, 11) is -3.58. The molecule has 0 unspecified atom stereocenters. The average molecular weight is 393 g/mol. The summed E-state index contributed by atoms with van der Waals surface area (Å²) in [6.45, 7) is 2.05. The third-order valence-electron chi connectivity index (χ3n) is 3.64. The number of rotatable bonds is 6. The highest BCUT2D eigenvalue weighted by Gasteiger charge is 2.15. The maximum atomic E-state index is 13.0. The number of hydrogen-bond acceptors (Lipinski definition) is 5. The fourth-order valence-corrected chi connectivity index (χ4v) is 4.65. The number of nitrogens with one attached hydrogen (secondary N) is 1. The molecule has 3 aromatic rings. The summed E-state index contributed by atoms with van der Waals surface area (Å²) in [5, 5.41) is 0. The van der Waals surface area contributed by atoms with Crippen LogP contribution in [0.2, 0.25) is 0 Å². The van der Waals surface area contributed by atoms with E-state index < -0.39 is 10.0 Å².